The number of hydrogen-bond donors (Lipinski definition) is 0. The molecule has 5 nitrogen and oxygen atoms in total. The molecule has 1 aliphatic heterocycles. The van der Waals surface area contributed by atoms with Crippen molar-refractivity contribution in [1.82, 2.24) is 9.55 Å². The standard InChI is InChI=1S/C21H15ClN2O3S/c22-16-6-14(19-15(7-16)10-26-12-27-19)9-24-11-23-20-17(21(24)25)8-18(28-20)13-4-2-1-3-5-13/h1-8,11H,9-10,12H2. The van der Waals surface area contributed by atoms with Crippen molar-refractivity contribution in [3.05, 3.63) is 81.4 Å². The molecule has 0 amide bonds. The van der Waals surface area contributed by atoms with Crippen molar-refractivity contribution in [3.63, 3.8) is 0 Å². The van der Waals surface area contributed by atoms with Gasteiger partial charge in [0.2, 0.25) is 0 Å². The predicted octanol–water partition coefficient (Wildman–Crippen LogP) is 4.69. The van der Waals surface area contributed by atoms with Crippen molar-refractivity contribution < 1.29 is 9.47 Å². The molecule has 1 aliphatic rings. The van der Waals surface area contributed by atoms with Gasteiger partial charge >= 0.3 is 0 Å². The number of halogens is 1. The topological polar surface area (TPSA) is 53.4 Å². The molecule has 2 aromatic heterocycles. The molecule has 4 aromatic rings. The molecular weight excluding hydrogens is 396 g/mol. The summed E-state index contributed by atoms with van der Waals surface area (Å²) in [7, 11) is 0. The summed E-state index contributed by atoms with van der Waals surface area (Å²) in [6, 6.07) is 15.6. The van der Waals surface area contributed by atoms with Crippen molar-refractivity contribution in [2.45, 2.75) is 13.2 Å². The van der Waals surface area contributed by atoms with Gasteiger partial charge in [0.15, 0.2) is 6.79 Å². The molecule has 140 valence electrons. The molecule has 0 unspecified atom stereocenters. The van der Waals surface area contributed by atoms with Crippen LogP contribution in [0.25, 0.3) is 20.7 Å². The maximum Gasteiger partial charge on any atom is 0.262 e. The average molecular weight is 411 g/mol. The van der Waals surface area contributed by atoms with Crippen molar-refractivity contribution in [3.8, 4) is 16.2 Å². The van der Waals surface area contributed by atoms with E-state index >= 15 is 0 Å². The maximum absolute atomic E-state index is 13.1. The van der Waals surface area contributed by atoms with Crippen molar-refractivity contribution >= 4 is 33.2 Å². The number of nitrogens with zero attached hydrogens (tertiary/aromatic N) is 2. The fourth-order valence-corrected chi connectivity index (χ4v) is 4.63. The van der Waals surface area contributed by atoms with Crippen molar-refractivity contribution in [2.24, 2.45) is 0 Å². The molecule has 5 rings (SSSR count). The van der Waals surface area contributed by atoms with E-state index in [1.807, 2.05) is 48.5 Å². The van der Waals surface area contributed by atoms with Crippen LogP contribution in [-0.4, -0.2) is 16.3 Å². The van der Waals surface area contributed by atoms with E-state index < -0.39 is 0 Å². The Morgan fingerprint density at radius 2 is 2.04 bits per heavy atom. The summed E-state index contributed by atoms with van der Waals surface area (Å²) in [6.45, 7) is 0.972. The molecule has 28 heavy (non-hydrogen) atoms. The Hall–Kier alpha value is -2.67. The molecule has 0 fully saturated rings. The van der Waals surface area contributed by atoms with E-state index in [2.05, 4.69) is 4.98 Å². The zero-order chi connectivity index (χ0) is 19.1. The summed E-state index contributed by atoms with van der Waals surface area (Å²) >= 11 is 7.76. The number of hydrogen-bond acceptors (Lipinski definition) is 5. The van der Waals surface area contributed by atoms with E-state index in [-0.39, 0.29) is 12.4 Å². The van der Waals surface area contributed by atoms with Crippen LogP contribution in [-0.2, 0) is 17.9 Å². The minimum atomic E-state index is -0.0794. The number of thiophene rings is 1. The van der Waals surface area contributed by atoms with E-state index in [1.165, 1.54) is 11.3 Å². The predicted molar refractivity (Wildman–Crippen MR) is 110 cm³/mol. The molecule has 0 radical (unpaired) electrons. The molecule has 0 bridgehead atoms. The van der Waals surface area contributed by atoms with Crippen LogP contribution in [0.3, 0.4) is 0 Å². The van der Waals surface area contributed by atoms with Crippen LogP contribution in [0.2, 0.25) is 5.02 Å². The zero-order valence-electron chi connectivity index (χ0n) is 14.7. The molecule has 3 heterocycles. The van der Waals surface area contributed by atoms with E-state index in [1.54, 1.807) is 10.9 Å². The second-order valence-corrected chi connectivity index (χ2v) is 8.00. The monoisotopic (exact) mass is 410 g/mol. The lowest BCUT2D eigenvalue weighted by Crippen LogP contribution is -2.22. The molecule has 0 aliphatic carbocycles. The van der Waals surface area contributed by atoms with E-state index in [0.29, 0.717) is 23.6 Å². The van der Waals surface area contributed by atoms with Crippen LogP contribution in [0.1, 0.15) is 11.1 Å². The highest BCUT2D eigenvalue weighted by Crippen LogP contribution is 2.33. The summed E-state index contributed by atoms with van der Waals surface area (Å²) in [6.07, 6.45) is 1.59. The van der Waals surface area contributed by atoms with E-state index in [9.17, 15) is 4.79 Å². The molecule has 0 atom stereocenters. The third-order valence-corrected chi connectivity index (χ3v) is 5.98. The van der Waals surface area contributed by atoms with E-state index in [0.717, 1.165) is 32.1 Å². The van der Waals surface area contributed by atoms with Gasteiger partial charge in [0.1, 0.15) is 10.6 Å². The van der Waals surface area contributed by atoms with Crippen LogP contribution in [0.15, 0.2) is 59.7 Å². The SMILES string of the molecule is O=c1c2cc(-c3ccccc3)sc2ncn1Cc1cc(Cl)cc2c1OCOC2. The van der Waals surface area contributed by atoms with Gasteiger partial charge in [-0.05, 0) is 23.8 Å². The maximum atomic E-state index is 13.1. The van der Waals surface area contributed by atoms with Crippen LogP contribution in [0, 0.1) is 0 Å². The summed E-state index contributed by atoms with van der Waals surface area (Å²) in [5.74, 6) is 0.734. The lowest BCUT2D eigenvalue weighted by atomic mass is 10.1. The number of aromatic nitrogens is 2. The molecule has 2 aromatic carbocycles. The lowest BCUT2D eigenvalue weighted by molar-refractivity contribution is -0.0170. The highest BCUT2D eigenvalue weighted by atomic mass is 35.5. The Labute approximate surface area is 169 Å². The normalized spacial score (nSPS) is 13.3. The molecule has 0 saturated heterocycles. The van der Waals surface area contributed by atoms with Gasteiger partial charge in [-0.3, -0.25) is 9.36 Å². The summed E-state index contributed by atoms with van der Waals surface area (Å²) in [5, 5.41) is 1.21. The summed E-state index contributed by atoms with van der Waals surface area (Å²) in [5.41, 5.74) is 2.73. The zero-order valence-corrected chi connectivity index (χ0v) is 16.3. The summed E-state index contributed by atoms with van der Waals surface area (Å²) < 4.78 is 12.6. The van der Waals surface area contributed by atoms with Gasteiger partial charge in [0.25, 0.3) is 5.56 Å². The largest absolute Gasteiger partial charge is 0.467 e. The summed E-state index contributed by atoms with van der Waals surface area (Å²) in [4.78, 5) is 19.3. The Morgan fingerprint density at radius 3 is 2.89 bits per heavy atom. The third-order valence-electron chi connectivity index (χ3n) is 4.67. The van der Waals surface area contributed by atoms with Crippen LogP contribution < -0.4 is 10.3 Å². The van der Waals surface area contributed by atoms with Crippen LogP contribution in [0.4, 0.5) is 0 Å². The number of rotatable bonds is 3. The Kier molecular flexibility index (Phi) is 4.39. The highest BCUT2D eigenvalue weighted by Gasteiger charge is 2.18. The first-order valence-electron chi connectivity index (χ1n) is 8.75. The first kappa shape index (κ1) is 17.4. The number of ether oxygens (including phenoxy) is 2. The molecule has 0 saturated carbocycles. The van der Waals surface area contributed by atoms with Crippen LogP contribution in [0.5, 0.6) is 5.75 Å². The number of fused-ring (bicyclic) bond motifs is 2. The van der Waals surface area contributed by atoms with Crippen LogP contribution >= 0.6 is 22.9 Å². The van der Waals surface area contributed by atoms with Gasteiger partial charge in [-0.25, -0.2) is 4.98 Å². The first-order valence-corrected chi connectivity index (χ1v) is 9.95. The Morgan fingerprint density at radius 1 is 1.18 bits per heavy atom. The van der Waals surface area contributed by atoms with Crippen molar-refractivity contribution in [1.29, 1.82) is 0 Å². The molecule has 7 heteroatoms. The fraction of sp³-hybridized carbons (Fsp3) is 0.143. The first-order chi connectivity index (χ1) is 13.7. The quantitative estimate of drug-likeness (QED) is 0.491. The lowest BCUT2D eigenvalue weighted by Gasteiger charge is -2.21. The fourth-order valence-electron chi connectivity index (χ4n) is 3.37. The van der Waals surface area contributed by atoms with Gasteiger partial charge in [0.05, 0.1) is 24.9 Å². The van der Waals surface area contributed by atoms with Gasteiger partial charge in [0, 0.05) is 21.0 Å². The smallest absolute Gasteiger partial charge is 0.262 e. The van der Waals surface area contributed by atoms with E-state index in [4.69, 9.17) is 21.1 Å². The molecular formula is C21H15ClN2O3S. The Balaban J connectivity index is 1.57. The number of benzene rings is 2. The second kappa shape index (κ2) is 7.05. The second-order valence-electron chi connectivity index (χ2n) is 6.54. The van der Waals surface area contributed by atoms with Gasteiger partial charge in [-0.1, -0.05) is 41.9 Å². The molecule has 0 spiro atoms. The average Bonchev–Trinajstić information content (AvgIpc) is 3.16. The highest BCUT2D eigenvalue weighted by molar-refractivity contribution is 7.21. The Bertz CT molecular complexity index is 1230. The van der Waals surface area contributed by atoms with Gasteiger partial charge < -0.3 is 9.47 Å². The third kappa shape index (κ3) is 3.09. The minimum Gasteiger partial charge on any atom is -0.467 e. The molecule has 0 N–H and O–H groups in total. The van der Waals surface area contributed by atoms with Gasteiger partial charge in [-0.15, -0.1) is 11.3 Å². The van der Waals surface area contributed by atoms with Gasteiger partial charge in [-0.2, -0.15) is 0 Å². The minimum absolute atomic E-state index is 0.0794. The van der Waals surface area contributed by atoms with Crippen molar-refractivity contribution in [2.75, 3.05) is 6.79 Å².